The fourth-order valence-corrected chi connectivity index (χ4v) is 4.94. The molecule has 0 spiro atoms. The number of rotatable bonds is 4. The summed E-state index contributed by atoms with van der Waals surface area (Å²) in [4.78, 5) is 13.8. The van der Waals surface area contributed by atoms with Crippen LogP contribution in [0.3, 0.4) is 0 Å². The number of aryl methyl sites for hydroxylation is 1. The number of carbonyl (C=O) groups excluding carboxylic acids is 1. The average Bonchev–Trinajstić information content (AvgIpc) is 2.46. The first-order chi connectivity index (χ1) is 10.9. The van der Waals surface area contributed by atoms with Gasteiger partial charge in [0.25, 0.3) is 0 Å². The fraction of sp³-hybridized carbons (Fsp3) is 0.562. The molecule has 0 unspecified atom stereocenters. The average molecular weight is 337 g/mol. The van der Waals surface area contributed by atoms with Gasteiger partial charge in [-0.15, -0.1) is 0 Å². The lowest BCUT2D eigenvalue weighted by Gasteiger charge is -2.46. The van der Waals surface area contributed by atoms with Gasteiger partial charge >= 0.3 is 0 Å². The molecule has 6 nitrogen and oxygen atoms in total. The lowest BCUT2D eigenvalue weighted by Crippen LogP contribution is -2.62. The summed E-state index contributed by atoms with van der Waals surface area (Å²) in [7, 11) is -3.39. The van der Waals surface area contributed by atoms with Crippen molar-refractivity contribution in [1.82, 2.24) is 9.21 Å². The first-order valence-electron chi connectivity index (χ1n) is 7.98. The van der Waals surface area contributed by atoms with Crippen LogP contribution in [0.1, 0.15) is 18.4 Å². The van der Waals surface area contributed by atoms with Crippen molar-refractivity contribution >= 4 is 15.9 Å². The van der Waals surface area contributed by atoms with Gasteiger partial charge in [0, 0.05) is 25.0 Å². The van der Waals surface area contributed by atoms with Crippen LogP contribution in [0.15, 0.2) is 29.2 Å². The molecule has 1 aromatic rings. The van der Waals surface area contributed by atoms with E-state index in [1.165, 1.54) is 4.31 Å². The third kappa shape index (κ3) is 3.27. The minimum absolute atomic E-state index is 0.0292. The third-order valence-electron chi connectivity index (χ3n) is 4.90. The van der Waals surface area contributed by atoms with Gasteiger partial charge in [-0.3, -0.25) is 9.69 Å². The summed E-state index contributed by atoms with van der Waals surface area (Å²) in [5.41, 5.74) is 6.29. The smallest absolute Gasteiger partial charge is 0.243 e. The summed E-state index contributed by atoms with van der Waals surface area (Å²) in [6.07, 6.45) is 1.55. The minimum atomic E-state index is -3.39. The zero-order valence-corrected chi connectivity index (χ0v) is 14.1. The molecule has 2 saturated heterocycles. The molecule has 0 saturated carbocycles. The van der Waals surface area contributed by atoms with Crippen LogP contribution in [0.5, 0.6) is 0 Å². The number of nitrogens with two attached hydrogens (primary N) is 1. The van der Waals surface area contributed by atoms with Crippen molar-refractivity contribution < 1.29 is 13.2 Å². The normalized spacial score (nSPS) is 22.0. The fourth-order valence-electron chi connectivity index (χ4n) is 3.32. The van der Waals surface area contributed by atoms with Crippen LogP contribution in [-0.4, -0.2) is 55.8 Å². The zero-order valence-electron chi connectivity index (χ0n) is 13.3. The summed E-state index contributed by atoms with van der Waals surface area (Å²) >= 11 is 0. The van der Waals surface area contributed by atoms with Crippen LogP contribution in [0.4, 0.5) is 0 Å². The highest BCUT2D eigenvalue weighted by Gasteiger charge is 2.40. The van der Waals surface area contributed by atoms with Crippen molar-refractivity contribution in [3.8, 4) is 0 Å². The van der Waals surface area contributed by atoms with E-state index in [2.05, 4.69) is 4.90 Å². The van der Waals surface area contributed by atoms with Gasteiger partial charge in [0.1, 0.15) is 0 Å². The largest absolute Gasteiger partial charge is 0.369 e. The highest BCUT2D eigenvalue weighted by Crippen LogP contribution is 2.27. The maximum absolute atomic E-state index is 12.6. The number of nitrogens with zero attached hydrogens (tertiary/aromatic N) is 2. The van der Waals surface area contributed by atoms with E-state index in [1.807, 2.05) is 13.0 Å². The third-order valence-corrected chi connectivity index (χ3v) is 6.73. The van der Waals surface area contributed by atoms with Crippen molar-refractivity contribution in [2.45, 2.75) is 30.7 Å². The minimum Gasteiger partial charge on any atom is -0.369 e. The van der Waals surface area contributed by atoms with Crippen molar-refractivity contribution in [3.05, 3.63) is 29.8 Å². The van der Waals surface area contributed by atoms with Crippen molar-refractivity contribution in [2.75, 3.05) is 26.2 Å². The molecule has 0 aromatic heterocycles. The molecule has 7 heteroatoms. The number of likely N-dealkylation sites (tertiary alicyclic amines) is 1. The van der Waals surface area contributed by atoms with Gasteiger partial charge in [0.2, 0.25) is 15.9 Å². The highest BCUT2D eigenvalue weighted by atomic mass is 32.2. The van der Waals surface area contributed by atoms with Gasteiger partial charge in [0.05, 0.1) is 4.90 Å². The second kappa shape index (κ2) is 6.22. The van der Waals surface area contributed by atoms with E-state index in [4.69, 9.17) is 5.73 Å². The number of primary amides is 1. The molecule has 2 aliphatic rings. The Bertz CT molecular complexity index is 690. The van der Waals surface area contributed by atoms with Crippen LogP contribution >= 0.6 is 0 Å². The summed E-state index contributed by atoms with van der Waals surface area (Å²) in [5, 5.41) is 0. The topological polar surface area (TPSA) is 83.7 Å². The number of sulfonamides is 1. The Morgan fingerprint density at radius 1 is 1.22 bits per heavy atom. The van der Waals surface area contributed by atoms with Crippen LogP contribution in [-0.2, 0) is 14.8 Å². The molecule has 2 N–H and O–H groups in total. The standard InChI is InChI=1S/C16H23N3O3S/c1-12-3-2-4-15(9-12)23(21,22)19-10-14(11-19)18-7-5-13(6-8-18)16(17)20/h2-4,9,13-14H,5-8,10-11H2,1H3,(H2,17,20). The molecular formula is C16H23N3O3S. The van der Waals surface area contributed by atoms with Crippen LogP contribution in [0.25, 0.3) is 0 Å². The van der Waals surface area contributed by atoms with Crippen molar-refractivity contribution in [1.29, 1.82) is 0 Å². The monoisotopic (exact) mass is 337 g/mol. The molecule has 3 rings (SSSR count). The predicted octanol–water partition coefficient (Wildman–Crippen LogP) is 0.565. The van der Waals surface area contributed by atoms with Crippen LogP contribution < -0.4 is 5.73 Å². The van der Waals surface area contributed by atoms with E-state index in [0.717, 1.165) is 31.5 Å². The van der Waals surface area contributed by atoms with E-state index in [1.54, 1.807) is 18.2 Å². The van der Waals surface area contributed by atoms with E-state index in [-0.39, 0.29) is 17.9 Å². The summed E-state index contributed by atoms with van der Waals surface area (Å²) in [6.45, 7) is 4.57. The number of hydrogen-bond acceptors (Lipinski definition) is 4. The van der Waals surface area contributed by atoms with Gasteiger partial charge in [-0.05, 0) is 50.6 Å². The summed E-state index contributed by atoms with van der Waals surface area (Å²) < 4.78 is 26.7. The highest BCUT2D eigenvalue weighted by molar-refractivity contribution is 7.89. The maximum atomic E-state index is 12.6. The summed E-state index contributed by atoms with van der Waals surface area (Å²) in [6, 6.07) is 7.27. The molecule has 2 fully saturated rings. The van der Waals surface area contributed by atoms with Crippen LogP contribution in [0.2, 0.25) is 0 Å². The molecular weight excluding hydrogens is 314 g/mol. The van der Waals surface area contributed by atoms with Crippen molar-refractivity contribution in [3.63, 3.8) is 0 Å². The molecule has 1 aromatic carbocycles. The van der Waals surface area contributed by atoms with Gasteiger partial charge in [-0.25, -0.2) is 8.42 Å². The number of amides is 1. The molecule has 23 heavy (non-hydrogen) atoms. The number of benzene rings is 1. The van der Waals surface area contributed by atoms with E-state index < -0.39 is 10.0 Å². The van der Waals surface area contributed by atoms with Gasteiger partial charge < -0.3 is 5.73 Å². The molecule has 126 valence electrons. The second-order valence-corrected chi connectivity index (χ2v) is 8.44. The lowest BCUT2D eigenvalue weighted by molar-refractivity contribution is -0.123. The molecule has 0 atom stereocenters. The Morgan fingerprint density at radius 3 is 2.43 bits per heavy atom. The molecule has 1 amide bonds. The SMILES string of the molecule is Cc1cccc(S(=O)(=O)N2CC(N3CCC(C(N)=O)CC3)C2)c1. The summed E-state index contributed by atoms with van der Waals surface area (Å²) in [5.74, 6) is -0.250. The molecule has 2 aliphatic heterocycles. The molecule has 0 radical (unpaired) electrons. The molecule has 0 aliphatic carbocycles. The lowest BCUT2D eigenvalue weighted by atomic mass is 9.94. The first-order valence-corrected chi connectivity index (χ1v) is 9.42. The number of carbonyl (C=O) groups is 1. The van der Waals surface area contributed by atoms with E-state index in [0.29, 0.717) is 18.0 Å². The van der Waals surface area contributed by atoms with Gasteiger partial charge in [-0.2, -0.15) is 4.31 Å². The zero-order chi connectivity index (χ0) is 16.6. The van der Waals surface area contributed by atoms with Gasteiger partial charge in [0.15, 0.2) is 0 Å². The van der Waals surface area contributed by atoms with Crippen LogP contribution in [0, 0.1) is 12.8 Å². The van der Waals surface area contributed by atoms with Gasteiger partial charge in [-0.1, -0.05) is 12.1 Å². The Balaban J connectivity index is 1.58. The second-order valence-electron chi connectivity index (χ2n) is 6.50. The Hall–Kier alpha value is -1.44. The Kier molecular flexibility index (Phi) is 4.44. The first kappa shape index (κ1) is 16.4. The predicted molar refractivity (Wildman–Crippen MR) is 87.2 cm³/mol. The molecule has 0 bridgehead atoms. The Labute approximate surface area is 137 Å². The maximum Gasteiger partial charge on any atom is 0.243 e. The number of piperidine rings is 1. The Morgan fingerprint density at radius 2 is 1.87 bits per heavy atom. The van der Waals surface area contributed by atoms with E-state index in [9.17, 15) is 13.2 Å². The number of hydrogen-bond donors (Lipinski definition) is 1. The molecule has 2 heterocycles. The van der Waals surface area contributed by atoms with E-state index >= 15 is 0 Å². The quantitative estimate of drug-likeness (QED) is 0.870. The van der Waals surface area contributed by atoms with Crippen molar-refractivity contribution in [2.24, 2.45) is 11.7 Å².